The molecule has 2 N–H and O–H groups in total. The van der Waals surface area contributed by atoms with Crippen LogP contribution in [0.25, 0.3) is 0 Å². The van der Waals surface area contributed by atoms with Crippen molar-refractivity contribution in [3.05, 3.63) is 88.9 Å². The summed E-state index contributed by atoms with van der Waals surface area (Å²) in [5.74, 6) is 0.300. The number of anilines is 2. The number of hydrogen-bond donors (Lipinski definition) is 2. The van der Waals surface area contributed by atoms with Gasteiger partial charge in [0.2, 0.25) is 5.91 Å². The molecule has 0 aliphatic carbocycles. The number of nitrogens with one attached hydrogen (secondary N) is 2. The molecule has 3 aromatic carbocycles. The number of nitrogens with zero attached hydrogens (tertiary/aromatic N) is 2. The van der Waals surface area contributed by atoms with Crippen LogP contribution in [-0.2, 0) is 27.8 Å². The largest absolute Gasteiger partial charge is 0.494 e. The normalized spacial score (nSPS) is 13.4. The Balaban J connectivity index is 1.54. The van der Waals surface area contributed by atoms with Gasteiger partial charge in [-0.3, -0.25) is 9.10 Å². The Labute approximate surface area is 233 Å². The maximum atomic E-state index is 13.7. The molecule has 0 spiro atoms. The molecule has 1 atom stereocenters. The summed E-state index contributed by atoms with van der Waals surface area (Å²) in [6.45, 7) is 4.72. The van der Waals surface area contributed by atoms with E-state index in [1.54, 1.807) is 42.5 Å². The first-order valence-corrected chi connectivity index (χ1v) is 14.5. The highest BCUT2D eigenvalue weighted by atomic mass is 35.5. The van der Waals surface area contributed by atoms with Crippen molar-refractivity contribution >= 4 is 45.1 Å². The van der Waals surface area contributed by atoms with Gasteiger partial charge in [0, 0.05) is 30.2 Å². The molecule has 0 fully saturated rings. The second kappa shape index (κ2) is 12.4. The molecular formula is C28H31ClN4O5S. The number of amides is 3. The fourth-order valence-corrected chi connectivity index (χ4v) is 5.99. The van der Waals surface area contributed by atoms with E-state index in [1.165, 1.54) is 4.90 Å². The van der Waals surface area contributed by atoms with E-state index < -0.39 is 22.3 Å². The third-order valence-electron chi connectivity index (χ3n) is 6.37. The number of ether oxygens (including phenoxy) is 1. The SMILES string of the molecule is CCOc1ccc(N(CC)C(=O)C(Cc2ccccc2)NC(=O)NS(=O)(=O)N2CCc3c(Cl)cccc32)cc1. The Bertz CT molecular complexity index is 1420. The fraction of sp³-hybridized carbons (Fsp3) is 0.286. The molecular weight excluding hydrogens is 540 g/mol. The number of rotatable bonds is 10. The molecule has 0 bridgehead atoms. The summed E-state index contributed by atoms with van der Waals surface area (Å²) in [6, 6.07) is 19.3. The lowest BCUT2D eigenvalue weighted by atomic mass is 10.0. The average Bonchev–Trinajstić information content (AvgIpc) is 3.37. The lowest BCUT2D eigenvalue weighted by molar-refractivity contribution is -0.120. The minimum absolute atomic E-state index is 0.148. The first-order valence-electron chi connectivity index (χ1n) is 12.7. The number of carbonyl (C=O) groups is 2. The highest BCUT2D eigenvalue weighted by Gasteiger charge is 2.33. The number of urea groups is 1. The lowest BCUT2D eigenvalue weighted by Gasteiger charge is -2.28. The van der Waals surface area contributed by atoms with Crippen LogP contribution in [0.3, 0.4) is 0 Å². The van der Waals surface area contributed by atoms with E-state index in [0.717, 1.165) is 9.87 Å². The second-order valence-electron chi connectivity index (χ2n) is 8.89. The number of halogens is 1. The van der Waals surface area contributed by atoms with Crippen LogP contribution in [-0.4, -0.2) is 46.1 Å². The summed E-state index contributed by atoms with van der Waals surface area (Å²) in [5, 5.41) is 3.07. The minimum Gasteiger partial charge on any atom is -0.494 e. The Kier molecular flexibility index (Phi) is 8.98. The Morgan fingerprint density at radius 3 is 2.41 bits per heavy atom. The molecule has 3 aromatic rings. The molecule has 1 aliphatic heterocycles. The van der Waals surface area contributed by atoms with Crippen LogP contribution in [0, 0.1) is 0 Å². The van der Waals surface area contributed by atoms with Crippen LogP contribution < -0.4 is 24.0 Å². The zero-order valence-electron chi connectivity index (χ0n) is 21.8. The van der Waals surface area contributed by atoms with E-state index in [9.17, 15) is 18.0 Å². The Morgan fingerprint density at radius 2 is 1.74 bits per heavy atom. The predicted octanol–water partition coefficient (Wildman–Crippen LogP) is 4.31. The van der Waals surface area contributed by atoms with Gasteiger partial charge in [-0.2, -0.15) is 8.42 Å². The summed E-state index contributed by atoms with van der Waals surface area (Å²) in [6.07, 6.45) is 0.600. The van der Waals surface area contributed by atoms with Crippen molar-refractivity contribution in [2.75, 3.05) is 28.9 Å². The van der Waals surface area contributed by atoms with Crippen LogP contribution in [0.1, 0.15) is 25.0 Å². The number of benzene rings is 3. The third-order valence-corrected chi connectivity index (χ3v) is 8.12. The molecule has 9 nitrogen and oxygen atoms in total. The van der Waals surface area contributed by atoms with Crippen LogP contribution in [0.15, 0.2) is 72.8 Å². The van der Waals surface area contributed by atoms with Gasteiger partial charge in [-0.15, -0.1) is 0 Å². The summed E-state index contributed by atoms with van der Waals surface area (Å²) < 4.78 is 34.9. The van der Waals surface area contributed by atoms with Gasteiger partial charge in [0.1, 0.15) is 11.8 Å². The quantitative estimate of drug-likeness (QED) is 0.378. The number of carbonyl (C=O) groups excluding carboxylic acids is 2. The average molecular weight is 571 g/mol. The molecule has 39 heavy (non-hydrogen) atoms. The smallest absolute Gasteiger partial charge is 0.330 e. The Morgan fingerprint density at radius 1 is 1.03 bits per heavy atom. The fourth-order valence-electron chi connectivity index (χ4n) is 4.56. The lowest BCUT2D eigenvalue weighted by Crippen LogP contribution is -2.55. The van der Waals surface area contributed by atoms with Gasteiger partial charge in [-0.05, 0) is 67.8 Å². The minimum atomic E-state index is -4.25. The van der Waals surface area contributed by atoms with Gasteiger partial charge < -0.3 is 15.0 Å². The van der Waals surface area contributed by atoms with Crippen molar-refractivity contribution in [2.24, 2.45) is 0 Å². The molecule has 11 heteroatoms. The van der Waals surface area contributed by atoms with Gasteiger partial charge in [0.05, 0.1) is 12.3 Å². The molecule has 3 amide bonds. The Hall–Kier alpha value is -3.76. The zero-order valence-corrected chi connectivity index (χ0v) is 23.3. The summed E-state index contributed by atoms with van der Waals surface area (Å²) in [4.78, 5) is 28.3. The van der Waals surface area contributed by atoms with Crippen LogP contribution in [0.4, 0.5) is 16.2 Å². The first kappa shape index (κ1) is 28.3. The zero-order chi connectivity index (χ0) is 28.0. The predicted molar refractivity (Wildman–Crippen MR) is 153 cm³/mol. The van der Waals surface area contributed by atoms with Crippen molar-refractivity contribution in [3.63, 3.8) is 0 Å². The van der Waals surface area contributed by atoms with Gasteiger partial charge in [-0.1, -0.05) is 48.0 Å². The summed E-state index contributed by atoms with van der Waals surface area (Å²) in [7, 11) is -4.25. The first-order chi connectivity index (χ1) is 18.7. The molecule has 4 rings (SSSR count). The van der Waals surface area contributed by atoms with Gasteiger partial charge in [0.25, 0.3) is 0 Å². The van der Waals surface area contributed by atoms with E-state index in [1.807, 2.05) is 44.2 Å². The molecule has 1 unspecified atom stereocenters. The molecule has 0 aromatic heterocycles. The maximum Gasteiger partial charge on any atom is 0.330 e. The standard InChI is InChI=1S/C28H31ClN4O5S/c1-3-32(21-13-15-22(16-14-21)38-4-2)27(34)25(19-20-9-6-5-7-10-20)30-28(35)31-39(36,37)33-18-17-23-24(29)11-8-12-26(23)33/h5-16,25H,3-4,17-19H2,1-2H3,(H2,30,31,35). The van der Waals surface area contributed by atoms with E-state index in [0.29, 0.717) is 47.3 Å². The second-order valence-corrected chi connectivity index (χ2v) is 10.9. The van der Waals surface area contributed by atoms with E-state index in [4.69, 9.17) is 16.3 Å². The molecule has 1 heterocycles. The molecule has 1 aliphatic rings. The monoisotopic (exact) mass is 570 g/mol. The van der Waals surface area contributed by atoms with Crippen molar-refractivity contribution in [1.82, 2.24) is 10.0 Å². The van der Waals surface area contributed by atoms with Crippen LogP contribution >= 0.6 is 11.6 Å². The van der Waals surface area contributed by atoms with Crippen molar-refractivity contribution in [1.29, 1.82) is 0 Å². The van der Waals surface area contributed by atoms with E-state index in [-0.39, 0.29) is 18.9 Å². The van der Waals surface area contributed by atoms with Gasteiger partial charge >= 0.3 is 16.2 Å². The number of hydrogen-bond acceptors (Lipinski definition) is 5. The molecule has 0 saturated heterocycles. The topological polar surface area (TPSA) is 108 Å². The van der Waals surface area contributed by atoms with Crippen molar-refractivity contribution in [3.8, 4) is 5.75 Å². The number of likely N-dealkylation sites (N-methyl/N-ethyl adjacent to an activating group) is 1. The van der Waals surface area contributed by atoms with E-state index >= 15 is 0 Å². The van der Waals surface area contributed by atoms with Crippen molar-refractivity contribution < 1.29 is 22.7 Å². The van der Waals surface area contributed by atoms with Crippen LogP contribution in [0.5, 0.6) is 5.75 Å². The van der Waals surface area contributed by atoms with Gasteiger partial charge in [0.15, 0.2) is 0 Å². The van der Waals surface area contributed by atoms with Gasteiger partial charge in [-0.25, -0.2) is 9.52 Å². The highest BCUT2D eigenvalue weighted by molar-refractivity contribution is 7.91. The molecule has 0 radical (unpaired) electrons. The maximum absolute atomic E-state index is 13.7. The highest BCUT2D eigenvalue weighted by Crippen LogP contribution is 2.34. The summed E-state index contributed by atoms with van der Waals surface area (Å²) in [5.41, 5.74) is 2.57. The van der Waals surface area contributed by atoms with E-state index in [2.05, 4.69) is 10.0 Å². The molecule has 206 valence electrons. The van der Waals surface area contributed by atoms with Crippen molar-refractivity contribution in [2.45, 2.75) is 32.7 Å². The van der Waals surface area contributed by atoms with Crippen LogP contribution in [0.2, 0.25) is 5.02 Å². The molecule has 0 saturated carbocycles. The third kappa shape index (κ3) is 6.63. The number of fused-ring (bicyclic) bond motifs is 1. The summed E-state index contributed by atoms with van der Waals surface area (Å²) >= 11 is 6.22.